The Morgan fingerprint density at radius 2 is 1.83 bits per heavy atom. The van der Waals surface area contributed by atoms with Gasteiger partial charge in [-0.2, -0.15) is 4.68 Å². The molecule has 3 aromatic rings. The third kappa shape index (κ3) is 1.76. The van der Waals surface area contributed by atoms with Gasteiger partial charge in [0.1, 0.15) is 5.52 Å². The van der Waals surface area contributed by atoms with Crippen LogP contribution in [-0.4, -0.2) is 20.0 Å². The van der Waals surface area contributed by atoms with Crippen LogP contribution >= 0.6 is 0 Å². The molecular weight excluding hydrogens is 224 g/mol. The van der Waals surface area contributed by atoms with Crippen LogP contribution in [0.3, 0.4) is 0 Å². The molecule has 4 heteroatoms. The Hall–Kier alpha value is -2.23. The molecule has 0 fully saturated rings. The second kappa shape index (κ2) is 4.22. The molecule has 90 valence electrons. The molecule has 0 unspecified atom stereocenters. The van der Waals surface area contributed by atoms with E-state index in [2.05, 4.69) is 29.1 Å². The van der Waals surface area contributed by atoms with Crippen molar-refractivity contribution < 1.29 is 0 Å². The van der Waals surface area contributed by atoms with E-state index in [1.54, 1.807) is 4.68 Å². The Bertz CT molecular complexity index is 685. The maximum atomic E-state index is 4.63. The van der Waals surface area contributed by atoms with E-state index in [-0.39, 0.29) is 0 Å². The third-order valence-corrected chi connectivity index (χ3v) is 2.92. The largest absolute Gasteiger partial charge is 0.233 e. The minimum Gasteiger partial charge on any atom is -0.233 e. The minimum absolute atomic E-state index is 0.403. The summed E-state index contributed by atoms with van der Waals surface area (Å²) in [7, 11) is 0. The smallest absolute Gasteiger partial charge is 0.156 e. The molecule has 0 aliphatic heterocycles. The van der Waals surface area contributed by atoms with Crippen LogP contribution < -0.4 is 0 Å². The lowest BCUT2D eigenvalue weighted by Crippen LogP contribution is -2.02. The first-order valence-corrected chi connectivity index (χ1v) is 6.03. The fraction of sp³-hybridized carbons (Fsp3) is 0.214. The van der Waals surface area contributed by atoms with Crippen molar-refractivity contribution >= 4 is 11.0 Å². The highest BCUT2D eigenvalue weighted by Gasteiger charge is 2.08. The first-order chi connectivity index (χ1) is 8.75. The zero-order valence-electron chi connectivity index (χ0n) is 10.4. The molecule has 0 aliphatic rings. The Kier molecular flexibility index (Phi) is 2.55. The summed E-state index contributed by atoms with van der Waals surface area (Å²) in [5.74, 6) is 1.22. The minimum atomic E-state index is 0.403. The van der Waals surface area contributed by atoms with Crippen LogP contribution in [0.1, 0.15) is 25.5 Å². The van der Waals surface area contributed by atoms with Gasteiger partial charge in [-0.1, -0.05) is 37.3 Å². The van der Waals surface area contributed by atoms with Crippen molar-refractivity contribution in [2.75, 3.05) is 0 Å². The van der Waals surface area contributed by atoms with Gasteiger partial charge in [0, 0.05) is 5.69 Å². The Morgan fingerprint density at radius 1 is 1.00 bits per heavy atom. The van der Waals surface area contributed by atoms with E-state index in [1.165, 1.54) is 0 Å². The molecule has 0 aliphatic carbocycles. The molecule has 0 saturated heterocycles. The van der Waals surface area contributed by atoms with Crippen LogP contribution in [0, 0.1) is 0 Å². The van der Waals surface area contributed by atoms with Gasteiger partial charge in [-0.25, -0.2) is 4.98 Å². The zero-order valence-corrected chi connectivity index (χ0v) is 10.4. The highest BCUT2D eigenvalue weighted by Crippen LogP contribution is 2.17. The molecule has 0 N–H and O–H groups in total. The summed E-state index contributed by atoms with van der Waals surface area (Å²) in [4.78, 5) is 4.63. The fourth-order valence-electron chi connectivity index (χ4n) is 1.92. The summed E-state index contributed by atoms with van der Waals surface area (Å²) in [6.07, 6.45) is 0. The maximum absolute atomic E-state index is 4.63. The van der Waals surface area contributed by atoms with E-state index in [0.717, 1.165) is 22.5 Å². The van der Waals surface area contributed by atoms with E-state index in [0.29, 0.717) is 5.92 Å². The molecule has 0 bridgehead atoms. The predicted octanol–water partition coefficient (Wildman–Crippen LogP) is 2.94. The Labute approximate surface area is 105 Å². The van der Waals surface area contributed by atoms with Crippen molar-refractivity contribution in [3.8, 4) is 5.82 Å². The summed E-state index contributed by atoms with van der Waals surface area (Å²) in [5.41, 5.74) is 2.92. The van der Waals surface area contributed by atoms with Crippen LogP contribution in [-0.2, 0) is 0 Å². The van der Waals surface area contributed by atoms with E-state index in [9.17, 15) is 0 Å². The molecule has 4 nitrogen and oxygen atoms in total. The number of nitrogens with zero attached hydrogens (tertiary/aromatic N) is 4. The van der Waals surface area contributed by atoms with Gasteiger partial charge in [0.25, 0.3) is 0 Å². The van der Waals surface area contributed by atoms with Crippen LogP contribution in [0.4, 0.5) is 0 Å². The number of benzene rings is 1. The van der Waals surface area contributed by atoms with Gasteiger partial charge in [-0.15, -0.1) is 5.10 Å². The second-order valence-corrected chi connectivity index (χ2v) is 4.57. The van der Waals surface area contributed by atoms with Gasteiger partial charge < -0.3 is 0 Å². The summed E-state index contributed by atoms with van der Waals surface area (Å²) in [5, 5.41) is 8.31. The molecule has 0 radical (unpaired) electrons. The van der Waals surface area contributed by atoms with Gasteiger partial charge in [0.15, 0.2) is 5.82 Å². The first kappa shape index (κ1) is 10.9. The second-order valence-electron chi connectivity index (χ2n) is 4.57. The normalized spacial score (nSPS) is 11.3. The number of aromatic nitrogens is 4. The van der Waals surface area contributed by atoms with Gasteiger partial charge in [-0.3, -0.25) is 0 Å². The number of hydrogen-bond donors (Lipinski definition) is 0. The number of rotatable bonds is 2. The number of fused-ring (bicyclic) bond motifs is 1. The zero-order chi connectivity index (χ0) is 12.5. The van der Waals surface area contributed by atoms with Gasteiger partial charge in [0.05, 0.1) is 5.52 Å². The highest BCUT2D eigenvalue weighted by atomic mass is 15.4. The predicted molar refractivity (Wildman–Crippen MR) is 70.7 cm³/mol. The lowest BCUT2D eigenvalue weighted by molar-refractivity contribution is 0.767. The number of hydrogen-bond acceptors (Lipinski definition) is 3. The number of para-hydroxylation sites is 1. The molecule has 18 heavy (non-hydrogen) atoms. The van der Waals surface area contributed by atoms with Crippen molar-refractivity contribution in [1.82, 2.24) is 20.0 Å². The van der Waals surface area contributed by atoms with Crippen LogP contribution in [0.25, 0.3) is 16.9 Å². The van der Waals surface area contributed by atoms with E-state index in [4.69, 9.17) is 0 Å². The summed E-state index contributed by atoms with van der Waals surface area (Å²) < 4.78 is 1.78. The summed E-state index contributed by atoms with van der Waals surface area (Å²) in [6, 6.07) is 13.9. The summed E-state index contributed by atoms with van der Waals surface area (Å²) >= 11 is 0. The Morgan fingerprint density at radius 3 is 2.67 bits per heavy atom. The average molecular weight is 238 g/mol. The van der Waals surface area contributed by atoms with Crippen molar-refractivity contribution in [3.63, 3.8) is 0 Å². The lowest BCUT2D eigenvalue weighted by atomic mass is 10.1. The molecule has 1 aromatic carbocycles. The van der Waals surface area contributed by atoms with Gasteiger partial charge in [0.2, 0.25) is 0 Å². The average Bonchev–Trinajstić information content (AvgIpc) is 2.82. The SMILES string of the molecule is CC(C)c1cccc(-n2nnc3ccccc32)n1. The van der Waals surface area contributed by atoms with Gasteiger partial charge >= 0.3 is 0 Å². The van der Waals surface area contributed by atoms with Crippen LogP contribution in [0.2, 0.25) is 0 Å². The van der Waals surface area contributed by atoms with E-state index in [1.807, 2.05) is 42.5 Å². The molecule has 2 aromatic heterocycles. The molecule has 0 amide bonds. The maximum Gasteiger partial charge on any atom is 0.156 e. The first-order valence-electron chi connectivity index (χ1n) is 6.03. The highest BCUT2D eigenvalue weighted by molar-refractivity contribution is 5.75. The molecular formula is C14H14N4. The molecule has 0 atom stereocenters. The molecule has 3 rings (SSSR count). The van der Waals surface area contributed by atoms with E-state index >= 15 is 0 Å². The lowest BCUT2D eigenvalue weighted by Gasteiger charge is -2.07. The fourth-order valence-corrected chi connectivity index (χ4v) is 1.92. The standard InChI is InChI=1S/C14H14N4/c1-10(2)11-7-5-9-14(15-11)18-13-8-4-3-6-12(13)16-17-18/h3-10H,1-2H3. The third-order valence-electron chi connectivity index (χ3n) is 2.92. The van der Waals surface area contributed by atoms with Crippen LogP contribution in [0.15, 0.2) is 42.5 Å². The van der Waals surface area contributed by atoms with Crippen molar-refractivity contribution in [1.29, 1.82) is 0 Å². The Balaban J connectivity index is 2.17. The van der Waals surface area contributed by atoms with Crippen molar-refractivity contribution in [3.05, 3.63) is 48.2 Å². The van der Waals surface area contributed by atoms with Crippen LogP contribution in [0.5, 0.6) is 0 Å². The van der Waals surface area contributed by atoms with Crippen molar-refractivity contribution in [2.45, 2.75) is 19.8 Å². The topological polar surface area (TPSA) is 43.6 Å². The number of pyridine rings is 1. The van der Waals surface area contributed by atoms with Crippen molar-refractivity contribution in [2.24, 2.45) is 0 Å². The molecule has 2 heterocycles. The quantitative estimate of drug-likeness (QED) is 0.689. The van der Waals surface area contributed by atoms with Gasteiger partial charge in [-0.05, 0) is 30.2 Å². The molecule has 0 saturated carbocycles. The molecule has 0 spiro atoms. The summed E-state index contributed by atoms with van der Waals surface area (Å²) in [6.45, 7) is 4.26. The van der Waals surface area contributed by atoms with E-state index < -0.39 is 0 Å². The monoisotopic (exact) mass is 238 g/mol.